The molecular formula is C19H18FN3O2. The van der Waals surface area contributed by atoms with E-state index in [4.69, 9.17) is 0 Å². The number of hydrogen-bond acceptors (Lipinski definition) is 3. The molecule has 1 aromatic carbocycles. The molecule has 5 nitrogen and oxygen atoms in total. The SMILES string of the molecule is CC(C)NC(=O)c1cc2cccnc2n(Cc2ccccc2F)c1=O. The Morgan fingerprint density at radius 2 is 2.00 bits per heavy atom. The highest BCUT2D eigenvalue weighted by molar-refractivity contribution is 5.97. The molecule has 1 amide bonds. The second-order valence-electron chi connectivity index (χ2n) is 6.09. The van der Waals surface area contributed by atoms with Gasteiger partial charge in [-0.2, -0.15) is 0 Å². The molecule has 2 heterocycles. The molecule has 0 saturated heterocycles. The predicted molar refractivity (Wildman–Crippen MR) is 94.1 cm³/mol. The van der Waals surface area contributed by atoms with Crippen LogP contribution in [0, 0.1) is 5.82 Å². The van der Waals surface area contributed by atoms with E-state index in [1.54, 1.807) is 36.5 Å². The Hall–Kier alpha value is -3.02. The third kappa shape index (κ3) is 3.42. The van der Waals surface area contributed by atoms with E-state index < -0.39 is 17.3 Å². The molecule has 0 fully saturated rings. The lowest BCUT2D eigenvalue weighted by Gasteiger charge is -2.13. The van der Waals surface area contributed by atoms with Gasteiger partial charge in [-0.1, -0.05) is 18.2 Å². The van der Waals surface area contributed by atoms with Crippen LogP contribution in [-0.4, -0.2) is 21.5 Å². The molecule has 0 aliphatic heterocycles. The summed E-state index contributed by atoms with van der Waals surface area (Å²) in [4.78, 5) is 29.5. The Balaban J connectivity index is 2.19. The zero-order chi connectivity index (χ0) is 18.0. The lowest BCUT2D eigenvalue weighted by molar-refractivity contribution is 0.0941. The number of fused-ring (bicyclic) bond motifs is 1. The van der Waals surface area contributed by atoms with Crippen LogP contribution in [0.4, 0.5) is 4.39 Å². The predicted octanol–water partition coefficient (Wildman–Crippen LogP) is 2.72. The first-order valence-corrected chi connectivity index (χ1v) is 8.00. The van der Waals surface area contributed by atoms with Crippen molar-refractivity contribution < 1.29 is 9.18 Å². The van der Waals surface area contributed by atoms with Crippen LogP contribution >= 0.6 is 0 Å². The summed E-state index contributed by atoms with van der Waals surface area (Å²) in [6.07, 6.45) is 1.56. The Kier molecular flexibility index (Phi) is 4.61. The van der Waals surface area contributed by atoms with E-state index in [0.29, 0.717) is 16.6 Å². The van der Waals surface area contributed by atoms with Crippen molar-refractivity contribution in [1.82, 2.24) is 14.9 Å². The van der Waals surface area contributed by atoms with Crippen molar-refractivity contribution in [3.8, 4) is 0 Å². The van der Waals surface area contributed by atoms with Gasteiger partial charge in [-0.3, -0.25) is 14.2 Å². The van der Waals surface area contributed by atoms with Crippen molar-refractivity contribution in [1.29, 1.82) is 0 Å². The molecule has 0 spiro atoms. The number of amides is 1. The maximum atomic E-state index is 14.0. The monoisotopic (exact) mass is 339 g/mol. The fraction of sp³-hybridized carbons (Fsp3) is 0.211. The number of hydrogen-bond donors (Lipinski definition) is 1. The van der Waals surface area contributed by atoms with E-state index in [-0.39, 0.29) is 18.2 Å². The summed E-state index contributed by atoms with van der Waals surface area (Å²) in [5, 5.41) is 3.37. The Morgan fingerprint density at radius 1 is 1.24 bits per heavy atom. The van der Waals surface area contributed by atoms with Crippen LogP contribution in [0.1, 0.15) is 29.8 Å². The molecule has 0 aliphatic carbocycles. The number of carbonyl (C=O) groups is 1. The number of benzene rings is 1. The second kappa shape index (κ2) is 6.84. The number of nitrogens with one attached hydrogen (secondary N) is 1. The van der Waals surface area contributed by atoms with Crippen molar-refractivity contribution in [3.05, 3.63) is 76.0 Å². The molecule has 2 aromatic heterocycles. The van der Waals surface area contributed by atoms with Gasteiger partial charge in [0.05, 0.1) is 6.54 Å². The van der Waals surface area contributed by atoms with Crippen LogP contribution in [0.15, 0.2) is 53.5 Å². The van der Waals surface area contributed by atoms with Crippen molar-refractivity contribution in [2.24, 2.45) is 0 Å². The maximum absolute atomic E-state index is 14.0. The van der Waals surface area contributed by atoms with Crippen molar-refractivity contribution in [3.63, 3.8) is 0 Å². The second-order valence-corrected chi connectivity index (χ2v) is 6.09. The van der Waals surface area contributed by atoms with Crippen LogP contribution in [0.2, 0.25) is 0 Å². The largest absolute Gasteiger partial charge is 0.350 e. The Labute approximate surface area is 144 Å². The van der Waals surface area contributed by atoms with Gasteiger partial charge in [0.15, 0.2) is 0 Å². The van der Waals surface area contributed by atoms with Crippen molar-refractivity contribution in [2.45, 2.75) is 26.4 Å². The van der Waals surface area contributed by atoms with Gasteiger partial charge in [0, 0.05) is 23.2 Å². The van der Waals surface area contributed by atoms with Crippen LogP contribution < -0.4 is 10.9 Å². The number of rotatable bonds is 4. The number of halogens is 1. The van der Waals surface area contributed by atoms with E-state index in [2.05, 4.69) is 10.3 Å². The van der Waals surface area contributed by atoms with Gasteiger partial charge in [-0.15, -0.1) is 0 Å². The van der Waals surface area contributed by atoms with Gasteiger partial charge < -0.3 is 5.32 Å². The van der Waals surface area contributed by atoms with E-state index in [9.17, 15) is 14.0 Å². The molecule has 0 aliphatic rings. The molecule has 6 heteroatoms. The normalized spacial score (nSPS) is 11.0. The molecule has 0 saturated carbocycles. The minimum absolute atomic E-state index is 0.00180. The van der Waals surface area contributed by atoms with Crippen molar-refractivity contribution >= 4 is 16.9 Å². The minimum Gasteiger partial charge on any atom is -0.350 e. The molecule has 0 bridgehead atoms. The number of nitrogens with zero attached hydrogens (tertiary/aromatic N) is 2. The van der Waals surface area contributed by atoms with Crippen LogP contribution in [0.3, 0.4) is 0 Å². The summed E-state index contributed by atoms with van der Waals surface area (Å²) >= 11 is 0. The first-order valence-electron chi connectivity index (χ1n) is 8.00. The standard InChI is InChI=1S/C19H18FN3O2/c1-12(2)22-18(24)15-10-13-7-5-9-21-17(13)23(19(15)25)11-14-6-3-4-8-16(14)20/h3-10,12H,11H2,1-2H3,(H,22,24). The van der Waals surface area contributed by atoms with Gasteiger partial charge in [-0.25, -0.2) is 9.37 Å². The topological polar surface area (TPSA) is 64.0 Å². The van der Waals surface area contributed by atoms with Gasteiger partial charge in [0.2, 0.25) is 0 Å². The number of carbonyl (C=O) groups excluding carboxylic acids is 1. The van der Waals surface area contributed by atoms with E-state index >= 15 is 0 Å². The maximum Gasteiger partial charge on any atom is 0.265 e. The molecule has 25 heavy (non-hydrogen) atoms. The summed E-state index contributed by atoms with van der Waals surface area (Å²) in [7, 11) is 0. The zero-order valence-corrected chi connectivity index (χ0v) is 14.0. The first kappa shape index (κ1) is 16.8. The fourth-order valence-electron chi connectivity index (χ4n) is 2.65. The first-order chi connectivity index (χ1) is 12.0. The van der Waals surface area contributed by atoms with Crippen molar-refractivity contribution in [2.75, 3.05) is 0 Å². The average molecular weight is 339 g/mol. The highest BCUT2D eigenvalue weighted by atomic mass is 19.1. The third-order valence-electron chi connectivity index (χ3n) is 3.80. The van der Waals surface area contributed by atoms with Gasteiger partial charge >= 0.3 is 0 Å². The minimum atomic E-state index is -0.493. The third-order valence-corrected chi connectivity index (χ3v) is 3.80. The van der Waals surface area contributed by atoms with Gasteiger partial charge in [0.25, 0.3) is 11.5 Å². The molecular weight excluding hydrogens is 321 g/mol. The summed E-state index contributed by atoms with van der Waals surface area (Å²) in [6.45, 7) is 3.64. The average Bonchev–Trinajstić information content (AvgIpc) is 2.58. The smallest absolute Gasteiger partial charge is 0.265 e. The highest BCUT2D eigenvalue weighted by Gasteiger charge is 2.17. The van der Waals surface area contributed by atoms with Crippen LogP contribution in [0.5, 0.6) is 0 Å². The number of pyridine rings is 2. The van der Waals surface area contributed by atoms with E-state index in [1.807, 2.05) is 13.8 Å². The van der Waals surface area contributed by atoms with E-state index in [1.165, 1.54) is 16.7 Å². The molecule has 1 N–H and O–H groups in total. The molecule has 128 valence electrons. The summed E-state index contributed by atoms with van der Waals surface area (Å²) < 4.78 is 15.4. The molecule has 0 atom stereocenters. The Morgan fingerprint density at radius 3 is 2.72 bits per heavy atom. The van der Waals surface area contributed by atoms with Crippen LogP contribution in [0.25, 0.3) is 11.0 Å². The molecule has 0 radical (unpaired) electrons. The summed E-state index contributed by atoms with van der Waals surface area (Å²) in [5.74, 6) is -0.858. The summed E-state index contributed by atoms with van der Waals surface area (Å²) in [6, 6.07) is 11.2. The Bertz CT molecular complexity index is 995. The highest BCUT2D eigenvalue weighted by Crippen LogP contribution is 2.14. The van der Waals surface area contributed by atoms with Crippen LogP contribution in [-0.2, 0) is 6.54 Å². The number of aromatic nitrogens is 2. The lowest BCUT2D eigenvalue weighted by atomic mass is 10.1. The summed E-state index contributed by atoms with van der Waals surface area (Å²) in [5.41, 5.74) is 0.299. The van der Waals surface area contributed by atoms with Gasteiger partial charge in [-0.05, 0) is 38.1 Å². The molecule has 0 unspecified atom stereocenters. The molecule has 3 aromatic rings. The quantitative estimate of drug-likeness (QED) is 0.795. The lowest BCUT2D eigenvalue weighted by Crippen LogP contribution is -2.36. The van der Waals surface area contributed by atoms with Gasteiger partial charge in [0.1, 0.15) is 17.0 Å². The molecule has 3 rings (SSSR count). The fourth-order valence-corrected chi connectivity index (χ4v) is 2.65. The zero-order valence-electron chi connectivity index (χ0n) is 14.0. The van der Waals surface area contributed by atoms with E-state index in [0.717, 1.165) is 0 Å².